The minimum atomic E-state index is 0.489. The average Bonchev–Trinajstić information content (AvgIpc) is 3.37. The first-order valence-corrected chi connectivity index (χ1v) is 9.24. The molecule has 0 radical (unpaired) electrons. The fourth-order valence-corrected chi connectivity index (χ4v) is 3.55. The summed E-state index contributed by atoms with van der Waals surface area (Å²) in [6, 6.07) is 16.1. The van der Waals surface area contributed by atoms with Crippen LogP contribution in [0.3, 0.4) is 0 Å². The molecule has 0 aliphatic carbocycles. The van der Waals surface area contributed by atoms with Gasteiger partial charge in [-0.15, -0.1) is 21.5 Å². The molecule has 0 atom stereocenters. The van der Waals surface area contributed by atoms with E-state index in [2.05, 4.69) is 21.2 Å². The second kappa shape index (κ2) is 7.52. The number of para-hydroxylation sites is 1. The minimum absolute atomic E-state index is 0.489. The Morgan fingerprint density at radius 1 is 1.12 bits per heavy atom. The van der Waals surface area contributed by atoms with Crippen LogP contribution in [0, 0.1) is 11.3 Å². The number of thiophene rings is 1. The lowest BCUT2D eigenvalue weighted by molar-refractivity contribution is 0.122. The Bertz CT molecular complexity index is 934. The monoisotopic (exact) mass is 363 g/mol. The molecule has 0 N–H and O–H groups in total. The van der Waals surface area contributed by atoms with Crippen LogP contribution in [0.4, 0.5) is 5.95 Å². The fourth-order valence-electron chi connectivity index (χ4n) is 2.90. The number of anilines is 1. The Morgan fingerprint density at radius 3 is 2.62 bits per heavy atom. The summed E-state index contributed by atoms with van der Waals surface area (Å²) in [5.74, 6) is 1.29. The maximum absolute atomic E-state index is 9.74. The maximum atomic E-state index is 9.74. The maximum Gasteiger partial charge on any atom is 0.232 e. The Kier molecular flexibility index (Phi) is 4.78. The van der Waals surface area contributed by atoms with Gasteiger partial charge in [0.15, 0.2) is 5.82 Å². The molecule has 4 rings (SSSR count). The van der Waals surface area contributed by atoms with Crippen molar-refractivity contribution in [1.29, 1.82) is 5.26 Å². The molecule has 0 saturated carbocycles. The summed E-state index contributed by atoms with van der Waals surface area (Å²) < 4.78 is 7.40. The molecule has 0 amide bonds. The van der Waals surface area contributed by atoms with Crippen LogP contribution in [0.5, 0.6) is 0 Å². The van der Waals surface area contributed by atoms with E-state index in [0.29, 0.717) is 24.6 Å². The molecule has 1 fully saturated rings. The van der Waals surface area contributed by atoms with Gasteiger partial charge in [-0.25, -0.2) is 0 Å². The second-order valence-electron chi connectivity index (χ2n) is 5.78. The zero-order valence-electron chi connectivity index (χ0n) is 14.1. The Hall–Kier alpha value is -2.95. The van der Waals surface area contributed by atoms with Crippen LogP contribution in [0.2, 0.25) is 0 Å². The predicted octanol–water partition coefficient (Wildman–Crippen LogP) is 3.23. The molecule has 3 heterocycles. The zero-order chi connectivity index (χ0) is 17.8. The number of nitrogens with zero attached hydrogens (tertiary/aromatic N) is 5. The number of hydrogen-bond donors (Lipinski definition) is 0. The van der Waals surface area contributed by atoms with Crippen molar-refractivity contribution in [2.45, 2.75) is 0 Å². The Labute approximate surface area is 155 Å². The highest BCUT2D eigenvalue weighted by Crippen LogP contribution is 2.27. The highest BCUT2D eigenvalue weighted by Gasteiger charge is 2.23. The van der Waals surface area contributed by atoms with E-state index in [1.165, 1.54) is 0 Å². The van der Waals surface area contributed by atoms with E-state index < -0.39 is 0 Å². The molecular weight excluding hydrogens is 346 g/mol. The van der Waals surface area contributed by atoms with E-state index in [0.717, 1.165) is 29.6 Å². The van der Waals surface area contributed by atoms with E-state index in [9.17, 15) is 5.26 Å². The van der Waals surface area contributed by atoms with Crippen LogP contribution in [-0.2, 0) is 4.74 Å². The van der Waals surface area contributed by atoms with Crippen molar-refractivity contribution in [3.63, 3.8) is 0 Å². The first-order valence-electron chi connectivity index (χ1n) is 8.36. The van der Waals surface area contributed by atoms with E-state index in [4.69, 9.17) is 4.74 Å². The first-order chi connectivity index (χ1) is 12.9. The van der Waals surface area contributed by atoms with Crippen molar-refractivity contribution in [2.75, 3.05) is 31.2 Å². The van der Waals surface area contributed by atoms with Crippen LogP contribution in [0.15, 0.2) is 47.8 Å². The van der Waals surface area contributed by atoms with Gasteiger partial charge in [-0.3, -0.25) is 4.57 Å². The number of ether oxygens (including phenoxy) is 1. The van der Waals surface area contributed by atoms with Gasteiger partial charge in [-0.05, 0) is 29.7 Å². The largest absolute Gasteiger partial charge is 0.378 e. The van der Waals surface area contributed by atoms with Crippen LogP contribution in [0.25, 0.3) is 17.3 Å². The number of hydrogen-bond acceptors (Lipinski definition) is 6. The van der Waals surface area contributed by atoms with Gasteiger partial charge >= 0.3 is 0 Å². The molecule has 7 heteroatoms. The molecule has 6 nitrogen and oxygen atoms in total. The molecule has 26 heavy (non-hydrogen) atoms. The third-order valence-corrected chi connectivity index (χ3v) is 4.96. The third kappa shape index (κ3) is 3.25. The lowest BCUT2D eigenvalue weighted by atomic mass is 10.2. The number of allylic oxidation sites excluding steroid dienone is 1. The zero-order valence-corrected chi connectivity index (χ0v) is 14.9. The van der Waals surface area contributed by atoms with Gasteiger partial charge in [-0.1, -0.05) is 24.3 Å². The molecule has 130 valence electrons. The second-order valence-corrected chi connectivity index (χ2v) is 6.76. The summed E-state index contributed by atoms with van der Waals surface area (Å²) in [6.07, 6.45) is 1.86. The van der Waals surface area contributed by atoms with Crippen molar-refractivity contribution >= 4 is 28.9 Å². The average molecular weight is 363 g/mol. The highest BCUT2D eigenvalue weighted by molar-refractivity contribution is 7.10. The molecular formula is C19H17N5OS. The van der Waals surface area contributed by atoms with Gasteiger partial charge in [0, 0.05) is 18.0 Å². The molecule has 2 aromatic heterocycles. The molecule has 0 spiro atoms. The molecule has 3 aromatic rings. The van der Waals surface area contributed by atoms with Crippen LogP contribution in [0.1, 0.15) is 10.7 Å². The highest BCUT2D eigenvalue weighted by atomic mass is 32.1. The smallest absolute Gasteiger partial charge is 0.232 e. The van der Waals surface area contributed by atoms with E-state index in [1.807, 2.05) is 58.5 Å². The topological polar surface area (TPSA) is 67.0 Å². The van der Waals surface area contributed by atoms with Gasteiger partial charge in [0.05, 0.1) is 24.5 Å². The SMILES string of the molecule is N#C/C(=C/c1cccs1)c1nnc(N2CCOCC2)n1-c1ccccc1. The van der Waals surface area contributed by atoms with Gasteiger partial charge < -0.3 is 9.64 Å². The number of aromatic nitrogens is 3. The normalized spacial score (nSPS) is 15.0. The quantitative estimate of drug-likeness (QED) is 0.666. The van der Waals surface area contributed by atoms with Crippen LogP contribution >= 0.6 is 11.3 Å². The Balaban J connectivity index is 1.84. The van der Waals surface area contributed by atoms with E-state index >= 15 is 0 Å². The van der Waals surface area contributed by atoms with Crippen molar-refractivity contribution in [3.05, 3.63) is 58.5 Å². The van der Waals surface area contributed by atoms with Crippen molar-refractivity contribution in [1.82, 2.24) is 14.8 Å². The fraction of sp³-hybridized carbons (Fsp3) is 0.211. The van der Waals surface area contributed by atoms with Gasteiger partial charge in [0.25, 0.3) is 0 Å². The van der Waals surface area contributed by atoms with E-state index in [1.54, 1.807) is 11.3 Å². The summed E-state index contributed by atoms with van der Waals surface area (Å²) in [5, 5.41) is 20.5. The van der Waals surface area contributed by atoms with Crippen molar-refractivity contribution < 1.29 is 4.74 Å². The van der Waals surface area contributed by atoms with Gasteiger partial charge in [0.1, 0.15) is 6.07 Å². The molecule has 0 bridgehead atoms. The first kappa shape index (κ1) is 16.5. The summed E-state index contributed by atoms with van der Waals surface area (Å²) >= 11 is 1.59. The van der Waals surface area contributed by atoms with Crippen LogP contribution < -0.4 is 4.90 Å². The molecule has 1 aromatic carbocycles. The number of morpholine rings is 1. The standard InChI is InChI=1S/C19H17N5OS/c20-14-15(13-17-7-4-12-26-17)18-21-22-19(23-8-10-25-11-9-23)24(18)16-5-2-1-3-6-16/h1-7,12-13H,8-11H2/b15-13-. The van der Waals surface area contributed by atoms with Gasteiger partial charge in [0.2, 0.25) is 5.95 Å². The molecule has 1 aliphatic heterocycles. The summed E-state index contributed by atoms with van der Waals surface area (Å²) in [4.78, 5) is 3.16. The number of nitriles is 1. The lowest BCUT2D eigenvalue weighted by Gasteiger charge is -2.28. The van der Waals surface area contributed by atoms with Crippen molar-refractivity contribution in [3.8, 4) is 11.8 Å². The summed E-state index contributed by atoms with van der Waals surface area (Å²) in [5.41, 5.74) is 1.42. The minimum Gasteiger partial charge on any atom is -0.378 e. The summed E-state index contributed by atoms with van der Waals surface area (Å²) in [6.45, 7) is 2.82. The number of rotatable bonds is 4. The Morgan fingerprint density at radius 2 is 1.92 bits per heavy atom. The van der Waals surface area contributed by atoms with Crippen LogP contribution in [-0.4, -0.2) is 41.1 Å². The third-order valence-electron chi connectivity index (χ3n) is 4.15. The lowest BCUT2D eigenvalue weighted by Crippen LogP contribution is -2.38. The number of benzene rings is 1. The predicted molar refractivity (Wildman–Crippen MR) is 102 cm³/mol. The molecule has 1 aliphatic rings. The van der Waals surface area contributed by atoms with Gasteiger partial charge in [-0.2, -0.15) is 5.26 Å². The van der Waals surface area contributed by atoms with E-state index in [-0.39, 0.29) is 0 Å². The van der Waals surface area contributed by atoms with Crippen molar-refractivity contribution in [2.24, 2.45) is 0 Å². The summed E-state index contributed by atoms with van der Waals surface area (Å²) in [7, 11) is 0. The molecule has 0 unspecified atom stereocenters. The molecule has 1 saturated heterocycles.